The minimum absolute atomic E-state index is 0.281. The van der Waals surface area contributed by atoms with E-state index >= 15 is 0 Å². The Labute approximate surface area is 144 Å². The van der Waals surface area contributed by atoms with Crippen LogP contribution in [0.3, 0.4) is 0 Å². The van der Waals surface area contributed by atoms with Crippen LogP contribution in [0.5, 0.6) is 5.75 Å². The molecule has 0 aliphatic rings. The number of nitrogens with zero attached hydrogens (tertiary/aromatic N) is 1. The largest absolute Gasteiger partial charge is 0.491 e. The number of rotatable bonds is 10. The molecule has 0 heterocycles. The second-order valence-corrected chi connectivity index (χ2v) is 6.04. The number of hydrogen-bond acceptors (Lipinski definition) is 4. The average molecular weight is 328 g/mol. The van der Waals surface area contributed by atoms with E-state index in [-0.39, 0.29) is 6.61 Å². The fourth-order valence-corrected chi connectivity index (χ4v) is 2.70. The molecule has 4 nitrogen and oxygen atoms in total. The Morgan fingerprint density at radius 3 is 2.54 bits per heavy atom. The van der Waals surface area contributed by atoms with Crippen molar-refractivity contribution in [2.75, 3.05) is 19.7 Å². The second-order valence-electron chi connectivity index (χ2n) is 6.04. The van der Waals surface area contributed by atoms with E-state index in [4.69, 9.17) is 10.5 Å². The summed E-state index contributed by atoms with van der Waals surface area (Å²) in [6.07, 6.45) is 0.528. The van der Waals surface area contributed by atoms with Gasteiger partial charge < -0.3 is 15.6 Å². The molecule has 0 bridgehead atoms. The van der Waals surface area contributed by atoms with E-state index in [1.54, 1.807) is 0 Å². The Kier molecular flexibility index (Phi) is 7.75. The van der Waals surface area contributed by atoms with Crippen molar-refractivity contribution in [1.29, 1.82) is 0 Å². The molecule has 2 rings (SSSR count). The van der Waals surface area contributed by atoms with Crippen molar-refractivity contribution in [1.82, 2.24) is 4.90 Å². The summed E-state index contributed by atoms with van der Waals surface area (Å²) in [4.78, 5) is 2.26. The summed E-state index contributed by atoms with van der Waals surface area (Å²) in [5.41, 5.74) is 7.92. The van der Waals surface area contributed by atoms with E-state index in [0.29, 0.717) is 13.1 Å². The van der Waals surface area contributed by atoms with Gasteiger partial charge in [0.2, 0.25) is 0 Å². The molecule has 0 saturated heterocycles. The number of aliphatic hydroxyl groups excluding tert-OH is 1. The van der Waals surface area contributed by atoms with Gasteiger partial charge in [0.25, 0.3) is 0 Å². The lowest BCUT2D eigenvalue weighted by molar-refractivity contribution is 0.0655. The number of ether oxygens (including phenoxy) is 1. The molecule has 4 heteroatoms. The van der Waals surface area contributed by atoms with E-state index in [0.717, 1.165) is 30.8 Å². The normalized spacial score (nSPS) is 12.3. The van der Waals surface area contributed by atoms with E-state index in [1.807, 2.05) is 42.5 Å². The van der Waals surface area contributed by atoms with Crippen LogP contribution in [0.1, 0.15) is 24.5 Å². The quantitative estimate of drug-likeness (QED) is 0.704. The van der Waals surface area contributed by atoms with Crippen molar-refractivity contribution < 1.29 is 9.84 Å². The Hall–Kier alpha value is -1.88. The molecule has 2 aromatic carbocycles. The fourth-order valence-electron chi connectivity index (χ4n) is 2.70. The Morgan fingerprint density at radius 1 is 1.08 bits per heavy atom. The summed E-state index contributed by atoms with van der Waals surface area (Å²) >= 11 is 0. The predicted molar refractivity (Wildman–Crippen MR) is 97.8 cm³/mol. The lowest BCUT2D eigenvalue weighted by atomic mass is 10.2. The number of benzene rings is 2. The smallest absolute Gasteiger partial charge is 0.119 e. The fraction of sp³-hybridized carbons (Fsp3) is 0.400. The molecule has 0 aliphatic heterocycles. The van der Waals surface area contributed by atoms with E-state index in [2.05, 4.69) is 24.0 Å². The molecular formula is C20H28N2O2. The molecule has 0 spiro atoms. The molecule has 0 amide bonds. The van der Waals surface area contributed by atoms with Gasteiger partial charge in [0, 0.05) is 19.6 Å². The molecule has 2 aromatic rings. The van der Waals surface area contributed by atoms with Gasteiger partial charge in [-0.2, -0.15) is 0 Å². The summed E-state index contributed by atoms with van der Waals surface area (Å²) in [6, 6.07) is 18.0. The van der Waals surface area contributed by atoms with Gasteiger partial charge in [-0.15, -0.1) is 0 Å². The van der Waals surface area contributed by atoms with Crippen LogP contribution in [-0.2, 0) is 13.1 Å². The van der Waals surface area contributed by atoms with Crippen LogP contribution >= 0.6 is 0 Å². The molecule has 0 aliphatic carbocycles. The van der Waals surface area contributed by atoms with Gasteiger partial charge in [0.15, 0.2) is 0 Å². The van der Waals surface area contributed by atoms with Crippen LogP contribution in [0.15, 0.2) is 54.6 Å². The lowest BCUT2D eigenvalue weighted by Crippen LogP contribution is -2.35. The van der Waals surface area contributed by atoms with Gasteiger partial charge in [0.05, 0.1) is 0 Å². The summed E-state index contributed by atoms with van der Waals surface area (Å²) in [5.74, 6) is 0.752. The first-order valence-electron chi connectivity index (χ1n) is 8.57. The lowest BCUT2D eigenvalue weighted by Gasteiger charge is -2.25. The zero-order valence-electron chi connectivity index (χ0n) is 14.4. The third-order valence-electron chi connectivity index (χ3n) is 3.83. The monoisotopic (exact) mass is 328 g/mol. The van der Waals surface area contributed by atoms with Crippen molar-refractivity contribution in [2.24, 2.45) is 5.73 Å². The number of hydrogen-bond donors (Lipinski definition) is 2. The highest BCUT2D eigenvalue weighted by molar-refractivity contribution is 5.28. The SMILES string of the molecule is CCCN(Cc1ccccc1)CC(O)COc1cccc(CN)c1. The summed E-state index contributed by atoms with van der Waals surface area (Å²) < 4.78 is 5.71. The van der Waals surface area contributed by atoms with E-state index in [1.165, 1.54) is 5.56 Å². The molecule has 0 aromatic heterocycles. The zero-order valence-corrected chi connectivity index (χ0v) is 14.4. The molecule has 0 saturated carbocycles. The van der Waals surface area contributed by atoms with E-state index in [9.17, 15) is 5.11 Å². The van der Waals surface area contributed by atoms with Crippen LogP contribution in [-0.4, -0.2) is 35.8 Å². The van der Waals surface area contributed by atoms with Crippen LogP contribution in [0, 0.1) is 0 Å². The molecule has 1 atom stereocenters. The van der Waals surface area contributed by atoms with Gasteiger partial charge in [-0.05, 0) is 36.2 Å². The van der Waals surface area contributed by atoms with Crippen molar-refractivity contribution in [3.63, 3.8) is 0 Å². The maximum Gasteiger partial charge on any atom is 0.119 e. The molecular weight excluding hydrogens is 300 g/mol. The van der Waals surface area contributed by atoms with Crippen LogP contribution in [0.25, 0.3) is 0 Å². The molecule has 0 radical (unpaired) electrons. The summed E-state index contributed by atoms with van der Waals surface area (Å²) in [6.45, 7) is 5.31. The minimum Gasteiger partial charge on any atom is -0.491 e. The molecule has 0 fully saturated rings. The van der Waals surface area contributed by atoms with Gasteiger partial charge >= 0.3 is 0 Å². The van der Waals surface area contributed by atoms with Crippen LogP contribution < -0.4 is 10.5 Å². The van der Waals surface area contributed by atoms with Crippen LogP contribution in [0.2, 0.25) is 0 Å². The van der Waals surface area contributed by atoms with Crippen LogP contribution in [0.4, 0.5) is 0 Å². The molecule has 1 unspecified atom stereocenters. The molecule has 130 valence electrons. The van der Waals surface area contributed by atoms with Crippen molar-refractivity contribution in [2.45, 2.75) is 32.5 Å². The maximum absolute atomic E-state index is 10.3. The first-order chi connectivity index (χ1) is 11.7. The summed E-state index contributed by atoms with van der Waals surface area (Å²) in [7, 11) is 0. The number of aliphatic hydroxyl groups is 1. The number of nitrogens with two attached hydrogens (primary N) is 1. The Balaban J connectivity index is 1.84. The van der Waals surface area contributed by atoms with Gasteiger partial charge in [0.1, 0.15) is 18.5 Å². The van der Waals surface area contributed by atoms with Gasteiger partial charge in [-0.3, -0.25) is 4.90 Å². The average Bonchev–Trinajstić information content (AvgIpc) is 2.61. The Bertz CT molecular complexity index is 589. The first-order valence-corrected chi connectivity index (χ1v) is 8.57. The minimum atomic E-state index is -0.526. The molecule has 3 N–H and O–H groups in total. The highest BCUT2D eigenvalue weighted by Gasteiger charge is 2.12. The standard InChI is InChI=1S/C20H28N2O2/c1-2-11-22(14-17-7-4-3-5-8-17)15-19(23)16-24-20-10-6-9-18(12-20)13-21/h3-10,12,19,23H,2,11,13-16,21H2,1H3. The highest BCUT2D eigenvalue weighted by atomic mass is 16.5. The van der Waals surface area contributed by atoms with Crippen molar-refractivity contribution in [3.8, 4) is 5.75 Å². The Morgan fingerprint density at radius 2 is 1.83 bits per heavy atom. The maximum atomic E-state index is 10.3. The van der Waals surface area contributed by atoms with Gasteiger partial charge in [-0.1, -0.05) is 49.4 Å². The molecule has 24 heavy (non-hydrogen) atoms. The topological polar surface area (TPSA) is 58.7 Å². The van der Waals surface area contributed by atoms with E-state index < -0.39 is 6.10 Å². The van der Waals surface area contributed by atoms with Crippen molar-refractivity contribution in [3.05, 3.63) is 65.7 Å². The second kappa shape index (κ2) is 10.1. The summed E-state index contributed by atoms with van der Waals surface area (Å²) in [5, 5.41) is 10.3. The predicted octanol–water partition coefficient (Wildman–Crippen LogP) is 2.80. The third-order valence-corrected chi connectivity index (χ3v) is 3.83. The first kappa shape index (κ1) is 18.5. The van der Waals surface area contributed by atoms with Crippen molar-refractivity contribution >= 4 is 0 Å². The third kappa shape index (κ3) is 6.32. The zero-order chi connectivity index (χ0) is 17.2. The van der Waals surface area contributed by atoms with Gasteiger partial charge in [-0.25, -0.2) is 0 Å². The highest BCUT2D eigenvalue weighted by Crippen LogP contribution is 2.13.